The predicted molar refractivity (Wildman–Crippen MR) is 93.1 cm³/mol. The summed E-state index contributed by atoms with van der Waals surface area (Å²) in [7, 11) is 1.31. The molecule has 6 heteroatoms. The SMILES string of the molecule is COC(=O)[C@H](Cc1ccccc1)NC(=O)[C@@H](C)OC[C@@H]1CCCCO1. The van der Waals surface area contributed by atoms with E-state index in [0.717, 1.165) is 31.4 Å². The molecule has 1 fully saturated rings. The van der Waals surface area contributed by atoms with Gasteiger partial charge >= 0.3 is 5.97 Å². The monoisotopic (exact) mass is 349 g/mol. The molecule has 25 heavy (non-hydrogen) atoms. The van der Waals surface area contributed by atoms with E-state index in [4.69, 9.17) is 14.2 Å². The summed E-state index contributed by atoms with van der Waals surface area (Å²) in [4.78, 5) is 24.3. The molecular weight excluding hydrogens is 322 g/mol. The molecule has 0 aromatic heterocycles. The molecule has 1 N–H and O–H groups in total. The first-order valence-corrected chi connectivity index (χ1v) is 8.75. The van der Waals surface area contributed by atoms with Gasteiger partial charge in [-0.05, 0) is 31.7 Å². The number of amides is 1. The summed E-state index contributed by atoms with van der Waals surface area (Å²) < 4.78 is 16.0. The van der Waals surface area contributed by atoms with Crippen molar-refractivity contribution in [2.45, 2.75) is 50.9 Å². The first-order valence-electron chi connectivity index (χ1n) is 8.75. The molecule has 6 nitrogen and oxygen atoms in total. The Labute approximate surface area is 148 Å². The van der Waals surface area contributed by atoms with Gasteiger partial charge in [-0.15, -0.1) is 0 Å². The van der Waals surface area contributed by atoms with Gasteiger partial charge in [-0.1, -0.05) is 30.3 Å². The topological polar surface area (TPSA) is 73.9 Å². The van der Waals surface area contributed by atoms with E-state index in [1.165, 1.54) is 7.11 Å². The van der Waals surface area contributed by atoms with E-state index in [9.17, 15) is 9.59 Å². The van der Waals surface area contributed by atoms with Crippen molar-refractivity contribution < 1.29 is 23.8 Å². The summed E-state index contributed by atoms with van der Waals surface area (Å²) in [5, 5.41) is 2.72. The molecule has 0 spiro atoms. The number of rotatable bonds is 8. The zero-order valence-electron chi connectivity index (χ0n) is 14.9. The third-order valence-electron chi connectivity index (χ3n) is 4.26. The number of nitrogens with one attached hydrogen (secondary N) is 1. The number of hydrogen-bond donors (Lipinski definition) is 1. The Balaban J connectivity index is 1.85. The number of methoxy groups -OCH3 is 1. The Morgan fingerprint density at radius 1 is 1.28 bits per heavy atom. The lowest BCUT2D eigenvalue weighted by atomic mass is 10.1. The molecule has 1 heterocycles. The highest BCUT2D eigenvalue weighted by Crippen LogP contribution is 2.13. The molecule has 1 amide bonds. The standard InChI is InChI=1S/C19H27NO5/c1-14(25-13-16-10-6-7-11-24-16)18(21)20-17(19(22)23-2)12-15-8-4-3-5-9-15/h3-5,8-9,14,16-17H,6-7,10-13H2,1-2H3,(H,20,21)/t14-,16+,17+/m1/s1. The second-order valence-corrected chi connectivity index (χ2v) is 6.24. The van der Waals surface area contributed by atoms with Crippen molar-refractivity contribution >= 4 is 11.9 Å². The minimum absolute atomic E-state index is 0.0460. The Morgan fingerprint density at radius 2 is 2.04 bits per heavy atom. The molecule has 0 unspecified atom stereocenters. The highest BCUT2D eigenvalue weighted by Gasteiger charge is 2.25. The molecule has 0 aliphatic carbocycles. The highest BCUT2D eigenvalue weighted by molar-refractivity contribution is 5.86. The quantitative estimate of drug-likeness (QED) is 0.725. The molecule has 0 saturated carbocycles. The van der Waals surface area contributed by atoms with Crippen LogP contribution < -0.4 is 5.32 Å². The molecule has 1 aliphatic heterocycles. The Hall–Kier alpha value is -1.92. The van der Waals surface area contributed by atoms with E-state index in [-0.39, 0.29) is 12.0 Å². The average Bonchev–Trinajstić information content (AvgIpc) is 2.66. The molecular formula is C19H27NO5. The molecule has 1 aromatic rings. The Bertz CT molecular complexity index is 542. The third kappa shape index (κ3) is 6.48. The van der Waals surface area contributed by atoms with Gasteiger partial charge in [0.05, 0.1) is 19.8 Å². The zero-order chi connectivity index (χ0) is 18.1. The second kappa shape index (κ2) is 10.2. The van der Waals surface area contributed by atoms with Crippen LogP contribution in [0.2, 0.25) is 0 Å². The van der Waals surface area contributed by atoms with Crippen LogP contribution in [0.3, 0.4) is 0 Å². The van der Waals surface area contributed by atoms with Crippen LogP contribution in [0.1, 0.15) is 31.7 Å². The van der Waals surface area contributed by atoms with Crippen LogP contribution in [0.25, 0.3) is 0 Å². The van der Waals surface area contributed by atoms with Crippen LogP contribution in [-0.2, 0) is 30.2 Å². The Kier molecular flexibility index (Phi) is 7.88. The number of carbonyl (C=O) groups excluding carboxylic acids is 2. The van der Waals surface area contributed by atoms with Gasteiger partial charge < -0.3 is 19.5 Å². The Morgan fingerprint density at radius 3 is 2.68 bits per heavy atom. The molecule has 1 aliphatic rings. The van der Waals surface area contributed by atoms with E-state index in [0.29, 0.717) is 13.0 Å². The fourth-order valence-electron chi connectivity index (χ4n) is 2.74. The van der Waals surface area contributed by atoms with Crippen LogP contribution in [0.5, 0.6) is 0 Å². The normalized spacial score (nSPS) is 19.7. The van der Waals surface area contributed by atoms with Crippen LogP contribution in [0.15, 0.2) is 30.3 Å². The van der Waals surface area contributed by atoms with Crippen molar-refractivity contribution in [1.29, 1.82) is 0 Å². The summed E-state index contributed by atoms with van der Waals surface area (Å²) >= 11 is 0. The number of benzene rings is 1. The second-order valence-electron chi connectivity index (χ2n) is 6.24. The van der Waals surface area contributed by atoms with E-state index in [2.05, 4.69) is 5.32 Å². The smallest absolute Gasteiger partial charge is 0.328 e. The van der Waals surface area contributed by atoms with Crippen molar-refractivity contribution in [2.75, 3.05) is 20.3 Å². The maximum absolute atomic E-state index is 12.4. The van der Waals surface area contributed by atoms with Crippen molar-refractivity contribution in [1.82, 2.24) is 5.32 Å². The summed E-state index contributed by atoms with van der Waals surface area (Å²) in [6, 6.07) is 8.75. The lowest BCUT2D eigenvalue weighted by Crippen LogP contribution is -2.47. The van der Waals surface area contributed by atoms with Crippen LogP contribution in [0.4, 0.5) is 0 Å². The van der Waals surface area contributed by atoms with E-state index >= 15 is 0 Å². The number of esters is 1. The fraction of sp³-hybridized carbons (Fsp3) is 0.579. The summed E-state index contributed by atoms with van der Waals surface area (Å²) in [5.74, 6) is -0.804. The zero-order valence-corrected chi connectivity index (χ0v) is 14.9. The maximum atomic E-state index is 12.4. The number of hydrogen-bond acceptors (Lipinski definition) is 5. The number of carbonyl (C=O) groups is 2. The average molecular weight is 349 g/mol. The molecule has 3 atom stereocenters. The third-order valence-corrected chi connectivity index (χ3v) is 4.26. The highest BCUT2D eigenvalue weighted by atomic mass is 16.5. The van der Waals surface area contributed by atoms with Crippen molar-refractivity contribution in [3.8, 4) is 0 Å². The minimum Gasteiger partial charge on any atom is -0.467 e. The van der Waals surface area contributed by atoms with Gasteiger partial charge in [-0.3, -0.25) is 4.79 Å². The first kappa shape index (κ1) is 19.4. The van der Waals surface area contributed by atoms with Gasteiger partial charge in [0.15, 0.2) is 0 Å². The maximum Gasteiger partial charge on any atom is 0.328 e. The van der Waals surface area contributed by atoms with Gasteiger partial charge in [-0.2, -0.15) is 0 Å². The molecule has 2 rings (SSSR count). The van der Waals surface area contributed by atoms with Crippen LogP contribution in [-0.4, -0.2) is 50.4 Å². The van der Waals surface area contributed by atoms with Gasteiger partial charge in [-0.25, -0.2) is 4.79 Å². The fourth-order valence-corrected chi connectivity index (χ4v) is 2.74. The van der Waals surface area contributed by atoms with Crippen LogP contribution in [0, 0.1) is 0 Å². The minimum atomic E-state index is -0.739. The lowest BCUT2D eigenvalue weighted by Gasteiger charge is -2.24. The lowest BCUT2D eigenvalue weighted by molar-refractivity contribution is -0.147. The van der Waals surface area contributed by atoms with Crippen molar-refractivity contribution in [2.24, 2.45) is 0 Å². The van der Waals surface area contributed by atoms with Gasteiger partial charge in [0.25, 0.3) is 0 Å². The molecule has 138 valence electrons. The van der Waals surface area contributed by atoms with E-state index in [1.54, 1.807) is 6.92 Å². The van der Waals surface area contributed by atoms with Gasteiger partial charge in [0, 0.05) is 13.0 Å². The molecule has 0 radical (unpaired) electrons. The predicted octanol–water partition coefficient (Wildman–Crippen LogP) is 1.86. The van der Waals surface area contributed by atoms with Gasteiger partial charge in [0.2, 0.25) is 5.91 Å². The van der Waals surface area contributed by atoms with Crippen molar-refractivity contribution in [3.63, 3.8) is 0 Å². The largest absolute Gasteiger partial charge is 0.467 e. The van der Waals surface area contributed by atoms with Crippen LogP contribution >= 0.6 is 0 Å². The summed E-state index contributed by atoms with van der Waals surface area (Å²) in [6.07, 6.45) is 2.91. The van der Waals surface area contributed by atoms with Gasteiger partial charge in [0.1, 0.15) is 12.1 Å². The number of ether oxygens (including phenoxy) is 3. The van der Waals surface area contributed by atoms with E-state index in [1.807, 2.05) is 30.3 Å². The molecule has 0 bridgehead atoms. The summed E-state index contributed by atoms with van der Waals surface area (Å²) in [6.45, 7) is 2.81. The first-order chi connectivity index (χ1) is 12.1. The molecule has 1 saturated heterocycles. The summed E-state index contributed by atoms with van der Waals surface area (Å²) in [5.41, 5.74) is 0.947. The van der Waals surface area contributed by atoms with Crippen molar-refractivity contribution in [3.05, 3.63) is 35.9 Å². The molecule has 1 aromatic carbocycles. The van der Waals surface area contributed by atoms with E-state index < -0.39 is 18.1 Å².